The van der Waals surface area contributed by atoms with E-state index in [9.17, 15) is 4.39 Å². The second-order valence-electron chi connectivity index (χ2n) is 5.53. The van der Waals surface area contributed by atoms with E-state index in [0.717, 1.165) is 35.0 Å². The lowest BCUT2D eigenvalue weighted by Gasteiger charge is -2.26. The zero-order valence-electron chi connectivity index (χ0n) is 10.9. The molecule has 0 amide bonds. The monoisotopic (exact) mass is 313 g/mol. The molecule has 0 aliphatic heterocycles. The minimum atomic E-state index is -0.173. The smallest absolute Gasteiger partial charge is 0.124 e. The molecule has 0 atom stereocenters. The Morgan fingerprint density at radius 3 is 2.61 bits per heavy atom. The van der Waals surface area contributed by atoms with Gasteiger partial charge in [0.2, 0.25) is 0 Å². The highest BCUT2D eigenvalue weighted by Gasteiger charge is 2.17. The van der Waals surface area contributed by atoms with Gasteiger partial charge in [-0.2, -0.15) is 0 Å². The van der Waals surface area contributed by atoms with Crippen LogP contribution in [-0.2, 0) is 6.54 Å². The molecule has 3 heteroatoms. The van der Waals surface area contributed by atoms with E-state index in [1.165, 1.54) is 31.7 Å². The maximum absolute atomic E-state index is 13.2. The van der Waals surface area contributed by atoms with Crippen LogP contribution in [0.5, 0.6) is 0 Å². The Balaban J connectivity index is 1.74. The molecule has 0 aromatic heterocycles. The third kappa shape index (κ3) is 4.36. The average molecular weight is 314 g/mol. The van der Waals surface area contributed by atoms with Crippen molar-refractivity contribution in [2.45, 2.75) is 39.2 Å². The first kappa shape index (κ1) is 14.0. The molecule has 18 heavy (non-hydrogen) atoms. The van der Waals surface area contributed by atoms with Gasteiger partial charge in [-0.05, 0) is 55.0 Å². The van der Waals surface area contributed by atoms with Gasteiger partial charge in [-0.3, -0.25) is 0 Å². The van der Waals surface area contributed by atoms with Gasteiger partial charge in [-0.25, -0.2) is 4.39 Å². The molecule has 2 rings (SSSR count). The summed E-state index contributed by atoms with van der Waals surface area (Å²) >= 11 is 3.32. The molecule has 1 aromatic carbocycles. The van der Waals surface area contributed by atoms with Crippen molar-refractivity contribution in [2.24, 2.45) is 11.8 Å². The highest BCUT2D eigenvalue weighted by Crippen LogP contribution is 2.27. The van der Waals surface area contributed by atoms with Crippen LogP contribution in [0.15, 0.2) is 22.7 Å². The van der Waals surface area contributed by atoms with E-state index in [2.05, 4.69) is 28.2 Å². The van der Waals surface area contributed by atoms with E-state index in [4.69, 9.17) is 0 Å². The number of hydrogen-bond acceptors (Lipinski definition) is 1. The van der Waals surface area contributed by atoms with Crippen molar-refractivity contribution in [3.8, 4) is 0 Å². The van der Waals surface area contributed by atoms with Gasteiger partial charge in [-0.15, -0.1) is 0 Å². The van der Waals surface area contributed by atoms with Crippen molar-refractivity contribution >= 4 is 15.9 Å². The van der Waals surface area contributed by atoms with Crippen molar-refractivity contribution < 1.29 is 4.39 Å². The molecule has 0 saturated heterocycles. The van der Waals surface area contributed by atoms with Crippen LogP contribution in [0.2, 0.25) is 0 Å². The predicted octanol–water partition coefficient (Wildman–Crippen LogP) is 4.50. The van der Waals surface area contributed by atoms with Crippen LogP contribution in [0.1, 0.15) is 38.2 Å². The third-order valence-corrected chi connectivity index (χ3v) is 4.28. The van der Waals surface area contributed by atoms with E-state index in [-0.39, 0.29) is 5.82 Å². The molecular formula is C15H21BrFN. The fourth-order valence-corrected chi connectivity index (χ4v) is 3.18. The molecule has 100 valence electrons. The highest BCUT2D eigenvalue weighted by atomic mass is 79.9. The summed E-state index contributed by atoms with van der Waals surface area (Å²) in [6, 6.07) is 5.06. The van der Waals surface area contributed by atoms with Crippen molar-refractivity contribution in [1.82, 2.24) is 5.32 Å². The molecular weight excluding hydrogens is 293 g/mol. The Bertz CT molecular complexity index is 366. The Hall–Kier alpha value is -0.410. The van der Waals surface area contributed by atoms with E-state index in [1.54, 1.807) is 6.07 Å². The van der Waals surface area contributed by atoms with E-state index >= 15 is 0 Å². The first-order chi connectivity index (χ1) is 8.63. The first-order valence-electron chi connectivity index (χ1n) is 6.79. The van der Waals surface area contributed by atoms with Crippen LogP contribution in [0.25, 0.3) is 0 Å². The number of nitrogens with one attached hydrogen (secondary N) is 1. The standard InChI is InChI=1S/C15H21BrFN/c1-11-2-4-12(5-3-11)9-18-10-13-6-14(16)8-15(17)7-13/h6-8,11-12,18H,2-5,9-10H2,1H3. The third-order valence-electron chi connectivity index (χ3n) is 3.82. The quantitative estimate of drug-likeness (QED) is 0.862. The summed E-state index contributed by atoms with van der Waals surface area (Å²) < 4.78 is 14.0. The SMILES string of the molecule is CC1CCC(CNCc2cc(F)cc(Br)c2)CC1. The minimum absolute atomic E-state index is 0.173. The average Bonchev–Trinajstić information content (AvgIpc) is 2.30. The second kappa shape index (κ2) is 6.67. The lowest BCUT2D eigenvalue weighted by Crippen LogP contribution is -2.25. The molecule has 1 aromatic rings. The Morgan fingerprint density at radius 1 is 1.22 bits per heavy atom. The van der Waals surface area contributed by atoms with Crippen molar-refractivity contribution in [1.29, 1.82) is 0 Å². The molecule has 1 nitrogen and oxygen atoms in total. The lowest BCUT2D eigenvalue weighted by atomic mass is 9.83. The summed E-state index contributed by atoms with van der Waals surface area (Å²) in [7, 11) is 0. The Kier molecular flexibility index (Phi) is 5.19. The molecule has 1 fully saturated rings. The Labute approximate surface area is 117 Å². The van der Waals surface area contributed by atoms with Crippen LogP contribution in [0.3, 0.4) is 0 Å². The van der Waals surface area contributed by atoms with Gasteiger partial charge < -0.3 is 5.32 Å². The molecule has 1 saturated carbocycles. The summed E-state index contributed by atoms with van der Waals surface area (Å²) in [5.41, 5.74) is 1.01. The topological polar surface area (TPSA) is 12.0 Å². The number of rotatable bonds is 4. The summed E-state index contributed by atoms with van der Waals surface area (Å²) in [4.78, 5) is 0. The largest absolute Gasteiger partial charge is 0.312 e. The van der Waals surface area contributed by atoms with Gasteiger partial charge in [0, 0.05) is 11.0 Å². The summed E-state index contributed by atoms with van der Waals surface area (Å²) in [6.07, 6.45) is 5.39. The van der Waals surface area contributed by atoms with Crippen LogP contribution in [-0.4, -0.2) is 6.54 Å². The van der Waals surface area contributed by atoms with Gasteiger partial charge >= 0.3 is 0 Å². The molecule has 1 aliphatic rings. The second-order valence-corrected chi connectivity index (χ2v) is 6.45. The maximum atomic E-state index is 13.2. The molecule has 1 aliphatic carbocycles. The first-order valence-corrected chi connectivity index (χ1v) is 7.58. The maximum Gasteiger partial charge on any atom is 0.124 e. The molecule has 0 spiro atoms. The fourth-order valence-electron chi connectivity index (χ4n) is 2.67. The van der Waals surface area contributed by atoms with Crippen LogP contribution >= 0.6 is 15.9 Å². The van der Waals surface area contributed by atoms with Gasteiger partial charge in [0.25, 0.3) is 0 Å². The van der Waals surface area contributed by atoms with E-state index in [0.29, 0.717) is 0 Å². The van der Waals surface area contributed by atoms with Gasteiger partial charge in [0.15, 0.2) is 0 Å². The van der Waals surface area contributed by atoms with Crippen LogP contribution < -0.4 is 5.32 Å². The molecule has 0 radical (unpaired) electrons. The minimum Gasteiger partial charge on any atom is -0.312 e. The van der Waals surface area contributed by atoms with Crippen molar-refractivity contribution in [3.63, 3.8) is 0 Å². The lowest BCUT2D eigenvalue weighted by molar-refractivity contribution is 0.281. The predicted molar refractivity (Wildman–Crippen MR) is 76.9 cm³/mol. The fraction of sp³-hybridized carbons (Fsp3) is 0.600. The van der Waals surface area contributed by atoms with E-state index in [1.807, 2.05) is 6.07 Å². The summed E-state index contributed by atoms with van der Waals surface area (Å²) in [5, 5.41) is 3.45. The number of halogens is 2. The molecule has 0 unspecified atom stereocenters. The van der Waals surface area contributed by atoms with Crippen molar-refractivity contribution in [3.05, 3.63) is 34.1 Å². The Morgan fingerprint density at radius 2 is 1.94 bits per heavy atom. The number of benzene rings is 1. The van der Waals surface area contributed by atoms with Crippen LogP contribution in [0.4, 0.5) is 4.39 Å². The normalized spacial score (nSPS) is 24.2. The highest BCUT2D eigenvalue weighted by molar-refractivity contribution is 9.10. The molecule has 1 N–H and O–H groups in total. The molecule has 0 bridgehead atoms. The van der Waals surface area contributed by atoms with Gasteiger partial charge in [0.05, 0.1) is 0 Å². The number of hydrogen-bond donors (Lipinski definition) is 1. The van der Waals surface area contributed by atoms with Gasteiger partial charge in [0.1, 0.15) is 5.82 Å². The van der Waals surface area contributed by atoms with Crippen molar-refractivity contribution in [2.75, 3.05) is 6.54 Å². The summed E-state index contributed by atoms with van der Waals surface area (Å²) in [6.45, 7) is 4.15. The summed E-state index contributed by atoms with van der Waals surface area (Å²) in [5.74, 6) is 1.53. The molecule has 0 heterocycles. The zero-order chi connectivity index (χ0) is 13.0. The van der Waals surface area contributed by atoms with E-state index < -0.39 is 0 Å². The zero-order valence-corrected chi connectivity index (χ0v) is 12.5. The van der Waals surface area contributed by atoms with Gasteiger partial charge in [-0.1, -0.05) is 35.7 Å². The van der Waals surface area contributed by atoms with Crippen LogP contribution in [0, 0.1) is 17.7 Å².